The van der Waals surface area contributed by atoms with Crippen LogP contribution in [0.1, 0.15) is 41.9 Å². The fraction of sp³-hybridized carbons (Fsp3) is 0.0769. The van der Waals surface area contributed by atoms with Gasteiger partial charge >= 0.3 is 0 Å². The first-order valence-corrected chi connectivity index (χ1v) is 24.1. The molecule has 3 heterocycles. The van der Waals surface area contributed by atoms with Crippen LogP contribution in [-0.4, -0.2) is 9.13 Å². The maximum Gasteiger partial charge on any atom is 0.136 e. The third-order valence-corrected chi connectivity index (χ3v) is 14.8. The van der Waals surface area contributed by atoms with Gasteiger partial charge in [-0.05, 0) is 155 Å². The van der Waals surface area contributed by atoms with Crippen molar-refractivity contribution >= 4 is 60.3 Å². The molecule has 68 heavy (non-hydrogen) atoms. The van der Waals surface area contributed by atoms with Gasteiger partial charge in [-0.15, -0.1) is 0 Å². The molecular weight excluding hydrogens is 825 g/mol. The number of furan rings is 1. The van der Waals surface area contributed by atoms with Crippen molar-refractivity contribution in [1.29, 1.82) is 0 Å². The van der Waals surface area contributed by atoms with Gasteiger partial charge in [-0.3, -0.25) is 0 Å². The molecule has 0 radical (unpaired) electrons. The lowest BCUT2D eigenvalue weighted by Gasteiger charge is -2.20. The van der Waals surface area contributed by atoms with Gasteiger partial charge in [0.2, 0.25) is 0 Å². The summed E-state index contributed by atoms with van der Waals surface area (Å²) in [6.45, 7) is 0. The number of rotatable bonds is 6. The Kier molecular flexibility index (Phi) is 8.91. The smallest absolute Gasteiger partial charge is 0.136 e. The van der Waals surface area contributed by atoms with Crippen molar-refractivity contribution in [3.05, 3.63) is 241 Å². The second-order valence-electron chi connectivity index (χ2n) is 18.6. The van der Waals surface area contributed by atoms with Crippen LogP contribution in [0.5, 0.6) is 0 Å². The molecule has 0 fully saturated rings. The van der Waals surface area contributed by atoms with E-state index in [1.54, 1.807) is 0 Å². The maximum absolute atomic E-state index is 6.67. The van der Waals surface area contributed by atoms with Crippen LogP contribution in [0.2, 0.25) is 0 Å². The second-order valence-corrected chi connectivity index (χ2v) is 18.6. The Morgan fingerprint density at radius 2 is 1.16 bits per heavy atom. The van der Waals surface area contributed by atoms with Gasteiger partial charge in [-0.25, -0.2) is 0 Å². The summed E-state index contributed by atoms with van der Waals surface area (Å²) in [5.74, 6) is 0.278. The number of aryl methyl sites for hydroxylation is 1. The van der Waals surface area contributed by atoms with Crippen LogP contribution in [0.4, 0.5) is 0 Å². The average molecular weight is 871 g/mol. The first-order chi connectivity index (χ1) is 33.7. The lowest BCUT2D eigenvalue weighted by molar-refractivity contribution is 0.669. The van der Waals surface area contributed by atoms with E-state index in [9.17, 15) is 0 Å². The molecule has 0 spiro atoms. The minimum atomic E-state index is 0.278. The summed E-state index contributed by atoms with van der Waals surface area (Å²) in [6.07, 6.45) is 11.1. The van der Waals surface area contributed by atoms with Crippen LogP contribution in [0.3, 0.4) is 0 Å². The first kappa shape index (κ1) is 38.8. The van der Waals surface area contributed by atoms with Gasteiger partial charge in [-0.2, -0.15) is 0 Å². The van der Waals surface area contributed by atoms with Gasteiger partial charge in [-0.1, -0.05) is 146 Å². The summed E-state index contributed by atoms with van der Waals surface area (Å²) >= 11 is 0. The summed E-state index contributed by atoms with van der Waals surface area (Å²) in [7, 11) is 0. The van der Waals surface area contributed by atoms with Gasteiger partial charge in [0.05, 0.1) is 22.2 Å². The minimum Gasteiger partial charge on any atom is -0.456 e. The van der Waals surface area contributed by atoms with Gasteiger partial charge in [0.25, 0.3) is 0 Å². The van der Waals surface area contributed by atoms with Gasteiger partial charge in [0.15, 0.2) is 0 Å². The topological polar surface area (TPSA) is 23.0 Å². The van der Waals surface area contributed by atoms with Gasteiger partial charge in [0, 0.05) is 49.8 Å². The molecule has 2 aliphatic carbocycles. The van der Waals surface area contributed by atoms with E-state index in [0.717, 1.165) is 47.6 Å². The number of para-hydroxylation sites is 3. The summed E-state index contributed by atoms with van der Waals surface area (Å²) in [6, 6.07) is 76.5. The Bertz CT molecular complexity index is 4030. The molecular formula is C65H46N2O. The van der Waals surface area contributed by atoms with Crippen molar-refractivity contribution in [1.82, 2.24) is 9.13 Å². The van der Waals surface area contributed by atoms with E-state index < -0.39 is 0 Å². The fourth-order valence-corrected chi connectivity index (χ4v) is 11.6. The quantitative estimate of drug-likeness (QED) is 0.163. The van der Waals surface area contributed by atoms with Crippen molar-refractivity contribution in [3.8, 4) is 50.3 Å². The molecule has 3 heteroatoms. The number of nitrogens with zero attached hydrogens (tertiary/aromatic N) is 2. The highest BCUT2D eigenvalue weighted by Gasteiger charge is 2.26. The van der Waals surface area contributed by atoms with E-state index >= 15 is 0 Å². The average Bonchev–Trinajstić information content (AvgIpc) is 4.06. The SMILES string of the molecule is C1=CC(n2c(-c3cccc4oc5ccc(-c6ccc7c(c6)-c6cc(-c8ccc9c(c8)c8ccccc8n9-c8ccccc8)ccc6CCC7c6ccccc6)cc5c34)cc3ccccc32)=CCC1. The van der Waals surface area contributed by atoms with Crippen molar-refractivity contribution in [2.24, 2.45) is 0 Å². The van der Waals surface area contributed by atoms with Gasteiger partial charge < -0.3 is 13.6 Å². The van der Waals surface area contributed by atoms with E-state index in [2.05, 4.69) is 234 Å². The highest BCUT2D eigenvalue weighted by atomic mass is 16.3. The number of benzene rings is 9. The predicted molar refractivity (Wildman–Crippen MR) is 285 cm³/mol. The molecule has 3 nitrogen and oxygen atoms in total. The third-order valence-electron chi connectivity index (χ3n) is 14.8. The summed E-state index contributed by atoms with van der Waals surface area (Å²) in [5, 5.41) is 6.03. The molecule has 0 bridgehead atoms. The minimum absolute atomic E-state index is 0.278. The molecule has 0 saturated carbocycles. The summed E-state index contributed by atoms with van der Waals surface area (Å²) in [4.78, 5) is 0. The predicted octanol–water partition coefficient (Wildman–Crippen LogP) is 17.6. The van der Waals surface area contributed by atoms with Crippen LogP contribution < -0.4 is 0 Å². The zero-order chi connectivity index (χ0) is 44.7. The van der Waals surface area contributed by atoms with Crippen LogP contribution in [0.25, 0.3) is 111 Å². The summed E-state index contributed by atoms with van der Waals surface area (Å²) < 4.78 is 11.5. The third kappa shape index (κ3) is 6.19. The number of allylic oxidation sites excluding steroid dienone is 4. The highest BCUT2D eigenvalue weighted by Crippen LogP contribution is 2.46. The Labute approximate surface area is 395 Å². The normalized spacial score (nSPS) is 14.7. The molecule has 3 aromatic heterocycles. The molecule has 9 aromatic carbocycles. The lowest BCUT2D eigenvalue weighted by Crippen LogP contribution is -2.02. The Hall–Kier alpha value is -8.40. The molecule has 12 aromatic rings. The van der Waals surface area contributed by atoms with Crippen molar-refractivity contribution in [2.45, 2.75) is 31.6 Å². The van der Waals surface area contributed by atoms with Crippen molar-refractivity contribution in [3.63, 3.8) is 0 Å². The number of hydrogen-bond donors (Lipinski definition) is 0. The molecule has 0 aliphatic heterocycles. The maximum atomic E-state index is 6.67. The fourth-order valence-electron chi connectivity index (χ4n) is 11.6. The van der Waals surface area contributed by atoms with E-state index in [1.807, 2.05) is 0 Å². The monoisotopic (exact) mass is 870 g/mol. The van der Waals surface area contributed by atoms with E-state index in [-0.39, 0.29) is 5.92 Å². The lowest BCUT2D eigenvalue weighted by atomic mass is 9.84. The van der Waals surface area contributed by atoms with Crippen LogP contribution in [0, 0.1) is 0 Å². The molecule has 0 N–H and O–H groups in total. The van der Waals surface area contributed by atoms with E-state index in [0.29, 0.717) is 0 Å². The molecule has 0 saturated heterocycles. The Morgan fingerprint density at radius 1 is 0.456 bits per heavy atom. The number of aromatic nitrogens is 2. The second kappa shape index (κ2) is 15.6. The van der Waals surface area contributed by atoms with Crippen LogP contribution in [0.15, 0.2) is 229 Å². The zero-order valence-electron chi connectivity index (χ0n) is 37.6. The molecule has 322 valence electrons. The summed E-state index contributed by atoms with van der Waals surface area (Å²) in [5.41, 5.74) is 21.8. The van der Waals surface area contributed by atoms with Crippen molar-refractivity contribution < 1.29 is 4.42 Å². The molecule has 0 amide bonds. The standard InChI is InChI=1S/C65H46N2O/c1-4-15-42(16-5-1)51-33-29-43-27-28-44(46-31-35-61-57(39-46)53-22-11-13-25-60(53)67(61)50-20-8-3-9-21-50)37-55(43)56-38-45(30-34-52(51)56)47-32-36-63-58(40-47)65-54(23-14-26-64(65)68-63)62-41-48-17-10-12-24-59(48)66(62)49-18-6-2-7-19-49/h1,3-6,8-28,30-32,34-41,51H,2,7,29,33H2. The van der Waals surface area contributed by atoms with Gasteiger partial charge in [0.1, 0.15) is 11.2 Å². The largest absolute Gasteiger partial charge is 0.456 e. The first-order valence-electron chi connectivity index (χ1n) is 24.1. The molecule has 1 atom stereocenters. The highest BCUT2D eigenvalue weighted by molar-refractivity contribution is 6.14. The number of fused-ring (bicyclic) bond motifs is 10. The Morgan fingerprint density at radius 3 is 2.01 bits per heavy atom. The zero-order valence-corrected chi connectivity index (χ0v) is 37.6. The van der Waals surface area contributed by atoms with Crippen LogP contribution in [-0.2, 0) is 6.42 Å². The number of hydrogen-bond acceptors (Lipinski definition) is 1. The Balaban J connectivity index is 0.929. The molecule has 2 aliphatic rings. The molecule has 14 rings (SSSR count). The van der Waals surface area contributed by atoms with E-state index in [1.165, 1.54) is 105 Å². The van der Waals surface area contributed by atoms with Crippen LogP contribution >= 0.6 is 0 Å². The van der Waals surface area contributed by atoms with Crippen molar-refractivity contribution in [2.75, 3.05) is 0 Å². The molecule has 1 unspecified atom stereocenters. The van der Waals surface area contributed by atoms with E-state index in [4.69, 9.17) is 4.42 Å².